The zero-order valence-corrected chi connectivity index (χ0v) is 29.8. The van der Waals surface area contributed by atoms with Gasteiger partial charge in [-0.05, 0) is 50.7 Å². The van der Waals surface area contributed by atoms with Crippen LogP contribution in [0.5, 0.6) is 5.75 Å². The molecule has 0 spiro atoms. The highest BCUT2D eigenvalue weighted by Crippen LogP contribution is 2.21. The van der Waals surface area contributed by atoms with E-state index < -0.39 is 55.0 Å². The number of allylic oxidation sites excluding steroid dienone is 11. The number of nitrogen functional groups attached to an aromatic ring is 1. The third-order valence-electron chi connectivity index (χ3n) is 6.40. The Hall–Kier alpha value is -5.85. The van der Waals surface area contributed by atoms with Gasteiger partial charge in [-0.25, -0.2) is 19.2 Å². The molecular formula is C39H50N2O11. The van der Waals surface area contributed by atoms with Crippen molar-refractivity contribution in [2.75, 3.05) is 39.2 Å². The van der Waals surface area contributed by atoms with Crippen molar-refractivity contribution in [1.82, 2.24) is 5.32 Å². The number of phenolic OH excluding ortho intramolecular Hbond substituents is 1. The number of amides is 1. The summed E-state index contributed by atoms with van der Waals surface area (Å²) >= 11 is 0. The number of hydrogen-bond acceptors (Lipinski definition) is 12. The largest absolute Gasteiger partial charge is 0.507 e. The molecule has 0 aliphatic carbocycles. The average molecular weight is 723 g/mol. The van der Waals surface area contributed by atoms with Crippen LogP contribution >= 0.6 is 0 Å². The van der Waals surface area contributed by atoms with Crippen molar-refractivity contribution < 1.29 is 52.8 Å². The van der Waals surface area contributed by atoms with E-state index >= 15 is 0 Å². The molecule has 1 atom stereocenters. The number of hydrogen-bond donors (Lipinski definition) is 3. The number of benzene rings is 1. The van der Waals surface area contributed by atoms with Crippen molar-refractivity contribution in [3.63, 3.8) is 0 Å². The van der Waals surface area contributed by atoms with Crippen molar-refractivity contribution in [3.05, 3.63) is 109 Å². The number of nitrogens with one attached hydrogen (secondary N) is 1. The summed E-state index contributed by atoms with van der Waals surface area (Å²) in [6, 6.07) is 3.77. The molecule has 13 heteroatoms. The fraction of sp³-hybridized carbons (Fsp3) is 0.359. The number of carbonyl (C=O) groups is 5. The van der Waals surface area contributed by atoms with Gasteiger partial charge in [-0.1, -0.05) is 79.8 Å². The molecule has 13 nitrogen and oxygen atoms in total. The molecule has 0 fully saturated rings. The minimum atomic E-state index is -1.29. The maximum absolute atomic E-state index is 12.4. The first-order valence-corrected chi connectivity index (χ1v) is 16.8. The maximum Gasteiger partial charge on any atom is 0.407 e. The van der Waals surface area contributed by atoms with E-state index in [1.165, 1.54) is 12.1 Å². The molecule has 0 aliphatic rings. The van der Waals surface area contributed by atoms with Crippen LogP contribution in [0.2, 0.25) is 0 Å². The zero-order valence-electron chi connectivity index (χ0n) is 29.8. The molecule has 52 heavy (non-hydrogen) atoms. The second-order valence-electron chi connectivity index (χ2n) is 10.7. The van der Waals surface area contributed by atoms with Gasteiger partial charge >= 0.3 is 30.0 Å². The van der Waals surface area contributed by atoms with Crippen LogP contribution in [-0.2, 0) is 38.1 Å². The Morgan fingerprint density at radius 2 is 1.29 bits per heavy atom. The lowest BCUT2D eigenvalue weighted by Crippen LogP contribution is -2.34. The molecule has 0 saturated carbocycles. The van der Waals surface area contributed by atoms with Crippen LogP contribution in [0.15, 0.2) is 103 Å². The highest BCUT2D eigenvalue weighted by molar-refractivity contribution is 5.93. The SMILES string of the molecule is CCC=CCC=CCC=CCC=CCC=CCC=CCC(=O)OCCNC(=O)OCC(COC(=O)c1ccc(N)cc1O)OC(=O)C=CC(=O)OC. The van der Waals surface area contributed by atoms with Gasteiger partial charge < -0.3 is 39.8 Å². The first-order chi connectivity index (χ1) is 25.2. The number of carbonyl (C=O) groups excluding carboxylic acids is 5. The van der Waals surface area contributed by atoms with Crippen LogP contribution in [0, 0.1) is 0 Å². The van der Waals surface area contributed by atoms with Gasteiger partial charge in [-0.2, -0.15) is 0 Å². The number of phenols is 1. The van der Waals surface area contributed by atoms with Gasteiger partial charge in [0.1, 0.15) is 31.1 Å². The third kappa shape index (κ3) is 23.5. The molecule has 0 aromatic heterocycles. The van der Waals surface area contributed by atoms with Gasteiger partial charge in [0.05, 0.1) is 20.1 Å². The van der Waals surface area contributed by atoms with Gasteiger partial charge in [-0.3, -0.25) is 4.79 Å². The van der Waals surface area contributed by atoms with Crippen molar-refractivity contribution in [2.24, 2.45) is 0 Å². The average Bonchev–Trinajstić information content (AvgIpc) is 3.12. The van der Waals surface area contributed by atoms with Crippen LogP contribution in [0.1, 0.15) is 62.2 Å². The van der Waals surface area contributed by atoms with E-state index in [1.807, 2.05) is 12.2 Å². The van der Waals surface area contributed by atoms with Gasteiger partial charge in [0, 0.05) is 23.9 Å². The number of ether oxygens (including phenoxy) is 5. The van der Waals surface area contributed by atoms with E-state index in [0.29, 0.717) is 6.42 Å². The number of esters is 4. The van der Waals surface area contributed by atoms with E-state index in [9.17, 15) is 29.1 Å². The highest BCUT2D eigenvalue weighted by atomic mass is 16.6. The summed E-state index contributed by atoms with van der Waals surface area (Å²) in [6.07, 6.45) is 29.6. The molecule has 1 amide bonds. The molecule has 0 saturated heterocycles. The number of methoxy groups -OCH3 is 1. The maximum atomic E-state index is 12.4. The number of anilines is 1. The van der Waals surface area contributed by atoms with Gasteiger partial charge in [0.25, 0.3) is 0 Å². The fourth-order valence-electron chi connectivity index (χ4n) is 3.79. The normalized spacial score (nSPS) is 12.4. The highest BCUT2D eigenvalue weighted by Gasteiger charge is 2.21. The second kappa shape index (κ2) is 28.9. The van der Waals surface area contributed by atoms with Gasteiger partial charge in [0.15, 0.2) is 6.10 Å². The number of rotatable bonds is 24. The summed E-state index contributed by atoms with van der Waals surface area (Å²) in [4.78, 5) is 59.9. The number of alkyl carbamates (subject to hydrolysis) is 1. The predicted molar refractivity (Wildman–Crippen MR) is 197 cm³/mol. The summed E-state index contributed by atoms with van der Waals surface area (Å²) in [5.74, 6) is -3.68. The molecule has 1 unspecified atom stereocenters. The lowest BCUT2D eigenvalue weighted by atomic mass is 10.2. The van der Waals surface area contributed by atoms with E-state index in [0.717, 1.165) is 57.4 Å². The molecule has 0 heterocycles. The molecule has 1 aromatic rings. The topological polar surface area (TPSA) is 190 Å². The summed E-state index contributed by atoms with van der Waals surface area (Å²) in [5, 5.41) is 12.3. The monoisotopic (exact) mass is 722 g/mol. The fourth-order valence-corrected chi connectivity index (χ4v) is 3.79. The Balaban J connectivity index is 2.32. The third-order valence-corrected chi connectivity index (χ3v) is 6.40. The van der Waals surface area contributed by atoms with Crippen molar-refractivity contribution >= 4 is 35.7 Å². The van der Waals surface area contributed by atoms with Crippen molar-refractivity contribution in [1.29, 1.82) is 0 Å². The Bertz CT molecular complexity index is 1470. The second-order valence-corrected chi connectivity index (χ2v) is 10.7. The summed E-state index contributed by atoms with van der Waals surface area (Å²) in [7, 11) is 1.12. The summed E-state index contributed by atoms with van der Waals surface area (Å²) in [5.41, 5.74) is 5.59. The number of aromatic hydroxyl groups is 1. The molecule has 4 N–H and O–H groups in total. The molecule has 0 aliphatic heterocycles. The van der Waals surface area contributed by atoms with Crippen LogP contribution in [-0.4, -0.2) is 74.7 Å². The summed E-state index contributed by atoms with van der Waals surface area (Å²) < 4.78 is 24.7. The van der Waals surface area contributed by atoms with E-state index in [1.54, 1.807) is 6.08 Å². The first kappa shape index (κ1) is 44.2. The van der Waals surface area contributed by atoms with Crippen molar-refractivity contribution in [2.45, 2.75) is 58.0 Å². The minimum Gasteiger partial charge on any atom is -0.507 e. The lowest BCUT2D eigenvalue weighted by molar-refractivity contribution is -0.148. The molecule has 0 bridgehead atoms. The Labute approximate surface area is 305 Å². The predicted octanol–water partition coefficient (Wildman–Crippen LogP) is 6.13. The summed E-state index contributed by atoms with van der Waals surface area (Å²) in [6.45, 7) is 0.827. The standard InChI is InChI=1S/C39H50N2O11/c1-3-4-5-6-7-8-9-10-11-12-13-14-15-16-17-18-19-20-21-36(44)49-27-26-41-39(47)51-30-32(52-37(45)25-24-35(43)48-2)29-50-38(46)33-23-22-31(40)28-34(33)42/h4-5,7-8,10-11,13-14,16-17,19-20,22-25,28,32,42H,3,6,9,12,15,18,21,26-27,29-30,40H2,1-2H3,(H,41,47). The Morgan fingerprint density at radius 1 is 0.750 bits per heavy atom. The van der Waals surface area contributed by atoms with E-state index in [4.69, 9.17) is 24.7 Å². The first-order valence-electron chi connectivity index (χ1n) is 16.8. The smallest absolute Gasteiger partial charge is 0.407 e. The van der Waals surface area contributed by atoms with Gasteiger partial charge in [-0.15, -0.1) is 0 Å². The van der Waals surface area contributed by atoms with Crippen LogP contribution in [0.3, 0.4) is 0 Å². The van der Waals surface area contributed by atoms with E-state index in [2.05, 4.69) is 71.7 Å². The molecule has 1 aromatic carbocycles. The molecule has 1 rings (SSSR count). The molecular weight excluding hydrogens is 672 g/mol. The van der Waals surface area contributed by atoms with Crippen LogP contribution in [0.25, 0.3) is 0 Å². The minimum absolute atomic E-state index is 0.0634. The Morgan fingerprint density at radius 3 is 1.85 bits per heavy atom. The van der Waals surface area contributed by atoms with Crippen molar-refractivity contribution in [3.8, 4) is 5.75 Å². The number of nitrogens with two attached hydrogens (primary N) is 1. The van der Waals surface area contributed by atoms with Crippen LogP contribution < -0.4 is 11.1 Å². The molecule has 0 radical (unpaired) electrons. The quantitative estimate of drug-likeness (QED) is 0.0277. The van der Waals surface area contributed by atoms with E-state index in [-0.39, 0.29) is 30.8 Å². The van der Waals surface area contributed by atoms with Crippen LogP contribution in [0.4, 0.5) is 10.5 Å². The molecule has 282 valence electrons. The van der Waals surface area contributed by atoms with Gasteiger partial charge in [0.2, 0.25) is 0 Å². The Kier molecular flexibility index (Phi) is 24.6. The zero-order chi connectivity index (χ0) is 38.2. The lowest BCUT2D eigenvalue weighted by Gasteiger charge is -2.17.